The van der Waals surface area contributed by atoms with Crippen LogP contribution in [0.1, 0.15) is 0 Å². The van der Waals surface area contributed by atoms with Gasteiger partial charge in [0.05, 0.1) is 16.5 Å². The summed E-state index contributed by atoms with van der Waals surface area (Å²) in [6.45, 7) is 0. The summed E-state index contributed by atoms with van der Waals surface area (Å²) in [6.07, 6.45) is 0. The molecule has 0 aliphatic heterocycles. The van der Waals surface area contributed by atoms with Crippen molar-refractivity contribution >= 4 is 27.3 Å². The van der Waals surface area contributed by atoms with Gasteiger partial charge in [0.1, 0.15) is 5.75 Å². The summed E-state index contributed by atoms with van der Waals surface area (Å²) < 4.78 is 6.09. The molecule has 0 amide bonds. The number of halogens is 1. The fourth-order valence-electron chi connectivity index (χ4n) is 1.72. The predicted molar refractivity (Wildman–Crippen MR) is 79.4 cm³/mol. The smallest absolute Gasteiger partial charge is 0.181 e. The van der Waals surface area contributed by atoms with E-state index in [0.717, 1.165) is 26.5 Å². The number of aromatic nitrogens is 3. The molecule has 0 saturated carbocycles. The van der Waals surface area contributed by atoms with E-state index < -0.39 is 0 Å². The highest BCUT2D eigenvalue weighted by atomic mass is 79.9. The third kappa shape index (κ3) is 2.41. The third-order valence-electron chi connectivity index (χ3n) is 2.65. The minimum atomic E-state index is 0.673. The molecule has 0 saturated heterocycles. The molecule has 19 heavy (non-hydrogen) atoms. The number of benzene rings is 1. The lowest BCUT2D eigenvalue weighted by atomic mass is 10.2. The summed E-state index contributed by atoms with van der Waals surface area (Å²) in [5.41, 5.74) is 0.937. The normalized spacial score (nSPS) is 10.6. The summed E-state index contributed by atoms with van der Waals surface area (Å²) in [5, 5.41) is 9.22. The Kier molecular flexibility index (Phi) is 3.35. The maximum absolute atomic E-state index is 5.21. The summed E-state index contributed by atoms with van der Waals surface area (Å²) in [7, 11) is 1.64. The van der Waals surface area contributed by atoms with Gasteiger partial charge in [0, 0.05) is 5.56 Å². The number of ether oxygens (including phenoxy) is 1. The molecule has 1 N–H and O–H groups in total. The number of aromatic amines is 1. The predicted octanol–water partition coefficient (Wildman–Crippen LogP) is 3.97. The molecule has 4 nitrogen and oxygen atoms in total. The van der Waals surface area contributed by atoms with Crippen LogP contribution < -0.4 is 4.74 Å². The molecule has 96 valence electrons. The fourth-order valence-corrected chi connectivity index (χ4v) is 2.92. The van der Waals surface area contributed by atoms with Crippen molar-refractivity contribution in [2.45, 2.75) is 0 Å². The van der Waals surface area contributed by atoms with Crippen molar-refractivity contribution in [3.8, 4) is 27.8 Å². The molecule has 6 heteroatoms. The van der Waals surface area contributed by atoms with E-state index in [1.807, 2.05) is 35.7 Å². The van der Waals surface area contributed by atoms with Crippen molar-refractivity contribution < 1.29 is 4.74 Å². The number of hydrogen-bond acceptors (Lipinski definition) is 4. The van der Waals surface area contributed by atoms with Crippen LogP contribution in [0.4, 0.5) is 0 Å². The minimum Gasteiger partial charge on any atom is -0.496 e. The number of hydrogen-bond donors (Lipinski definition) is 1. The maximum atomic E-state index is 5.21. The third-order valence-corrected chi connectivity index (χ3v) is 4.15. The molecule has 1 aromatic carbocycles. The van der Waals surface area contributed by atoms with Crippen molar-refractivity contribution in [3.05, 3.63) is 40.2 Å². The van der Waals surface area contributed by atoms with Crippen LogP contribution in [0.3, 0.4) is 0 Å². The van der Waals surface area contributed by atoms with Gasteiger partial charge >= 0.3 is 0 Å². The Balaban J connectivity index is 1.97. The molecule has 0 unspecified atom stereocenters. The monoisotopic (exact) mass is 335 g/mol. The zero-order chi connectivity index (χ0) is 13.2. The Labute approximate surface area is 122 Å². The van der Waals surface area contributed by atoms with Crippen molar-refractivity contribution in [3.63, 3.8) is 0 Å². The Bertz CT molecular complexity index is 694. The molecular formula is C13H10BrN3OS. The van der Waals surface area contributed by atoms with Gasteiger partial charge in [-0.25, -0.2) is 4.98 Å². The average Bonchev–Trinajstić information content (AvgIpc) is 3.09. The van der Waals surface area contributed by atoms with Crippen LogP contribution in [0.15, 0.2) is 40.2 Å². The number of nitrogens with one attached hydrogen (secondary N) is 1. The maximum Gasteiger partial charge on any atom is 0.181 e. The highest BCUT2D eigenvalue weighted by molar-refractivity contribution is 9.10. The lowest BCUT2D eigenvalue weighted by Gasteiger charge is -2.03. The largest absolute Gasteiger partial charge is 0.496 e. The van der Waals surface area contributed by atoms with Gasteiger partial charge in [-0.3, -0.25) is 5.10 Å². The topological polar surface area (TPSA) is 50.8 Å². The molecule has 2 heterocycles. The zero-order valence-corrected chi connectivity index (χ0v) is 12.5. The minimum absolute atomic E-state index is 0.673. The summed E-state index contributed by atoms with van der Waals surface area (Å²) in [6, 6.07) is 9.77. The summed E-state index contributed by atoms with van der Waals surface area (Å²) in [4.78, 5) is 5.58. The van der Waals surface area contributed by atoms with Gasteiger partial charge in [-0.05, 0) is 45.6 Å². The first kappa shape index (κ1) is 12.4. The van der Waals surface area contributed by atoms with Crippen LogP contribution in [0.25, 0.3) is 22.1 Å². The summed E-state index contributed by atoms with van der Waals surface area (Å²) >= 11 is 5.09. The van der Waals surface area contributed by atoms with Gasteiger partial charge < -0.3 is 4.74 Å². The van der Waals surface area contributed by atoms with E-state index in [1.165, 1.54) is 0 Å². The van der Waals surface area contributed by atoms with Gasteiger partial charge in [-0.1, -0.05) is 6.07 Å². The van der Waals surface area contributed by atoms with Gasteiger partial charge in [0.2, 0.25) is 0 Å². The van der Waals surface area contributed by atoms with Crippen LogP contribution in [-0.4, -0.2) is 22.3 Å². The molecule has 0 atom stereocenters. The molecule has 3 rings (SSSR count). The second-order valence-corrected chi connectivity index (χ2v) is 5.64. The first-order valence-electron chi connectivity index (χ1n) is 5.58. The Hall–Kier alpha value is -1.66. The van der Waals surface area contributed by atoms with Crippen LogP contribution in [0, 0.1) is 0 Å². The second kappa shape index (κ2) is 5.14. The van der Waals surface area contributed by atoms with Crippen LogP contribution in [0.5, 0.6) is 5.75 Å². The Morgan fingerprint density at radius 3 is 2.89 bits per heavy atom. The number of nitrogens with zero attached hydrogens (tertiary/aromatic N) is 2. The molecule has 0 spiro atoms. The molecule has 0 fully saturated rings. The van der Waals surface area contributed by atoms with Crippen molar-refractivity contribution in [2.75, 3.05) is 7.11 Å². The van der Waals surface area contributed by atoms with E-state index in [4.69, 9.17) is 4.74 Å². The standard InChI is InChI=1S/C13H10BrN3OS/c1-18-10-5-4-8(7-9(10)14)12-15-13(17-16-12)11-3-2-6-19-11/h2-7H,1H3,(H,15,16,17). The molecule has 0 bridgehead atoms. The number of methoxy groups -OCH3 is 1. The quantitative estimate of drug-likeness (QED) is 0.787. The van der Waals surface area contributed by atoms with Crippen molar-refractivity contribution in [2.24, 2.45) is 0 Å². The molecule has 2 aromatic heterocycles. The molecule has 0 aliphatic rings. The molecule has 0 aliphatic carbocycles. The Morgan fingerprint density at radius 2 is 2.21 bits per heavy atom. The van der Waals surface area contributed by atoms with E-state index in [1.54, 1.807) is 18.4 Å². The van der Waals surface area contributed by atoms with E-state index in [9.17, 15) is 0 Å². The van der Waals surface area contributed by atoms with Gasteiger partial charge in [0.25, 0.3) is 0 Å². The molecule has 3 aromatic rings. The number of thiophene rings is 1. The number of rotatable bonds is 3. The Morgan fingerprint density at radius 1 is 1.32 bits per heavy atom. The molecule has 0 radical (unpaired) electrons. The fraction of sp³-hybridized carbons (Fsp3) is 0.0769. The van der Waals surface area contributed by atoms with E-state index in [2.05, 4.69) is 31.1 Å². The zero-order valence-electron chi connectivity index (χ0n) is 10.1. The van der Waals surface area contributed by atoms with Gasteiger partial charge in [0.15, 0.2) is 11.6 Å². The van der Waals surface area contributed by atoms with Crippen molar-refractivity contribution in [1.29, 1.82) is 0 Å². The van der Waals surface area contributed by atoms with Crippen LogP contribution >= 0.6 is 27.3 Å². The lowest BCUT2D eigenvalue weighted by Crippen LogP contribution is -1.86. The second-order valence-electron chi connectivity index (χ2n) is 3.83. The van der Waals surface area contributed by atoms with E-state index in [0.29, 0.717) is 5.82 Å². The van der Waals surface area contributed by atoms with E-state index in [-0.39, 0.29) is 0 Å². The number of H-pyrrole nitrogens is 1. The van der Waals surface area contributed by atoms with Gasteiger partial charge in [-0.2, -0.15) is 5.10 Å². The highest BCUT2D eigenvalue weighted by Gasteiger charge is 2.10. The average molecular weight is 336 g/mol. The SMILES string of the molecule is COc1ccc(-c2n[nH]c(-c3cccs3)n2)cc1Br. The first-order valence-corrected chi connectivity index (χ1v) is 7.25. The van der Waals surface area contributed by atoms with Crippen LogP contribution in [0.2, 0.25) is 0 Å². The van der Waals surface area contributed by atoms with E-state index >= 15 is 0 Å². The highest BCUT2D eigenvalue weighted by Crippen LogP contribution is 2.30. The summed E-state index contributed by atoms with van der Waals surface area (Å²) in [5.74, 6) is 2.25. The van der Waals surface area contributed by atoms with Crippen molar-refractivity contribution in [1.82, 2.24) is 15.2 Å². The lowest BCUT2D eigenvalue weighted by molar-refractivity contribution is 0.412. The van der Waals surface area contributed by atoms with Gasteiger partial charge in [-0.15, -0.1) is 11.3 Å². The first-order chi connectivity index (χ1) is 9.28. The molecular weight excluding hydrogens is 326 g/mol. The van der Waals surface area contributed by atoms with Crippen LogP contribution in [-0.2, 0) is 0 Å².